The summed E-state index contributed by atoms with van der Waals surface area (Å²) >= 11 is 0. The summed E-state index contributed by atoms with van der Waals surface area (Å²) in [6, 6.07) is 23.7. The van der Waals surface area contributed by atoms with Crippen LogP contribution in [0.5, 0.6) is 0 Å². The zero-order chi connectivity index (χ0) is 19.9. The molecule has 3 aromatic carbocycles. The Balaban J connectivity index is 1.80. The van der Waals surface area contributed by atoms with Gasteiger partial charge in [0.15, 0.2) is 0 Å². The Morgan fingerprint density at radius 3 is 2.04 bits per heavy atom. The normalized spacial score (nSPS) is 14.9. The molecule has 4 heteroatoms. The fourth-order valence-electron chi connectivity index (χ4n) is 3.84. The van der Waals surface area contributed by atoms with Crippen LogP contribution in [-0.4, -0.2) is 21.8 Å². The van der Waals surface area contributed by atoms with Crippen molar-refractivity contribution in [3.8, 4) is 0 Å². The molecule has 0 saturated carbocycles. The molecule has 4 nitrogen and oxygen atoms in total. The zero-order valence-electron chi connectivity index (χ0n) is 15.8. The van der Waals surface area contributed by atoms with Gasteiger partial charge in [0.2, 0.25) is 0 Å². The first-order valence-electron chi connectivity index (χ1n) is 9.23. The first-order valence-corrected chi connectivity index (χ1v) is 9.23. The number of carbonyl (C=O) groups excluding carboxylic acids is 2. The van der Waals surface area contributed by atoms with E-state index in [4.69, 9.17) is 0 Å². The van der Waals surface area contributed by atoms with Crippen molar-refractivity contribution in [1.29, 1.82) is 0 Å². The van der Waals surface area contributed by atoms with Crippen molar-refractivity contribution < 1.29 is 14.7 Å². The third-order valence-electron chi connectivity index (χ3n) is 5.40. The molecule has 1 heterocycles. The maximum Gasteiger partial charge on any atom is 0.262 e. The fourth-order valence-corrected chi connectivity index (χ4v) is 3.84. The van der Waals surface area contributed by atoms with Crippen molar-refractivity contribution in [1.82, 2.24) is 4.90 Å². The van der Waals surface area contributed by atoms with Crippen LogP contribution in [0.15, 0.2) is 78.9 Å². The van der Waals surface area contributed by atoms with E-state index >= 15 is 0 Å². The maximum atomic E-state index is 13.4. The van der Waals surface area contributed by atoms with Crippen LogP contribution in [0.1, 0.15) is 57.4 Å². The van der Waals surface area contributed by atoms with Gasteiger partial charge in [-0.1, -0.05) is 72.8 Å². The monoisotopic (exact) mass is 371 g/mol. The lowest BCUT2D eigenvalue weighted by molar-refractivity contribution is 0.0473. The topological polar surface area (TPSA) is 57.6 Å². The quantitative estimate of drug-likeness (QED) is 0.696. The Morgan fingerprint density at radius 1 is 0.786 bits per heavy atom. The number of hydrogen-bond donors (Lipinski definition) is 1. The summed E-state index contributed by atoms with van der Waals surface area (Å²) in [5.41, 5.74) is 1.80. The van der Waals surface area contributed by atoms with Gasteiger partial charge in [0.05, 0.1) is 16.7 Å². The van der Waals surface area contributed by atoms with Gasteiger partial charge in [-0.3, -0.25) is 14.5 Å². The molecule has 28 heavy (non-hydrogen) atoms. The largest absolute Gasteiger partial charge is 0.384 e. The van der Waals surface area contributed by atoms with Crippen LogP contribution in [0.2, 0.25) is 0 Å². The molecule has 0 aliphatic carbocycles. The highest BCUT2D eigenvalue weighted by atomic mass is 16.3. The average Bonchev–Trinajstić information content (AvgIpc) is 3.00. The number of rotatable bonds is 4. The Kier molecular flexibility index (Phi) is 4.36. The number of benzene rings is 3. The molecule has 3 aromatic rings. The van der Waals surface area contributed by atoms with Gasteiger partial charge >= 0.3 is 0 Å². The van der Waals surface area contributed by atoms with Gasteiger partial charge in [0.1, 0.15) is 6.10 Å². The average molecular weight is 371 g/mol. The molecular weight excluding hydrogens is 350 g/mol. The van der Waals surface area contributed by atoms with Gasteiger partial charge in [-0.15, -0.1) is 0 Å². The second-order valence-corrected chi connectivity index (χ2v) is 7.45. The Bertz CT molecular complexity index is 1040. The number of nitrogens with zero attached hydrogens (tertiary/aromatic N) is 1. The predicted octanol–water partition coefficient (Wildman–Crippen LogP) is 4.30. The van der Waals surface area contributed by atoms with Crippen molar-refractivity contribution in [3.63, 3.8) is 0 Å². The van der Waals surface area contributed by atoms with E-state index in [-0.39, 0.29) is 17.4 Å². The number of aliphatic hydroxyl groups excluding tert-OH is 1. The summed E-state index contributed by atoms with van der Waals surface area (Å²) in [4.78, 5) is 27.8. The molecule has 1 N–H and O–H groups in total. The van der Waals surface area contributed by atoms with E-state index in [1.54, 1.807) is 30.3 Å². The predicted molar refractivity (Wildman–Crippen MR) is 107 cm³/mol. The van der Waals surface area contributed by atoms with Gasteiger partial charge in [0, 0.05) is 0 Å². The zero-order valence-corrected chi connectivity index (χ0v) is 15.8. The molecule has 4 rings (SSSR count). The number of fused-ring (bicyclic) bond motifs is 1. The second-order valence-electron chi connectivity index (χ2n) is 7.45. The molecule has 0 bridgehead atoms. The minimum atomic E-state index is -0.979. The molecule has 1 aliphatic heterocycles. The van der Waals surface area contributed by atoms with E-state index < -0.39 is 11.6 Å². The van der Waals surface area contributed by atoms with Gasteiger partial charge < -0.3 is 5.11 Å². The summed E-state index contributed by atoms with van der Waals surface area (Å²) in [6.07, 6.45) is -0.979. The Morgan fingerprint density at radius 2 is 1.39 bits per heavy atom. The third-order valence-corrected chi connectivity index (χ3v) is 5.40. The van der Waals surface area contributed by atoms with E-state index in [1.165, 1.54) is 4.90 Å². The molecule has 0 aromatic heterocycles. The van der Waals surface area contributed by atoms with Crippen LogP contribution >= 0.6 is 0 Å². The van der Waals surface area contributed by atoms with Crippen molar-refractivity contribution in [2.75, 3.05) is 0 Å². The standard InChI is InChI=1S/C24H21NO3/c1-24(2,17-12-7-4-8-13-17)25-22(27)19-15-9-14-18(20(19)23(25)28)21(26)16-10-5-3-6-11-16/h3-15,21,26H,1-2H3. The molecule has 0 fully saturated rings. The second kappa shape index (κ2) is 6.73. The molecule has 0 saturated heterocycles. The van der Waals surface area contributed by atoms with Crippen molar-refractivity contribution >= 4 is 11.8 Å². The highest BCUT2D eigenvalue weighted by Crippen LogP contribution is 2.39. The van der Waals surface area contributed by atoms with Gasteiger partial charge in [-0.2, -0.15) is 0 Å². The lowest BCUT2D eigenvalue weighted by Gasteiger charge is -2.34. The lowest BCUT2D eigenvalue weighted by atomic mass is 9.92. The summed E-state index contributed by atoms with van der Waals surface area (Å²) in [5.74, 6) is -0.713. The Hall–Kier alpha value is -3.24. The van der Waals surface area contributed by atoms with Gasteiger partial charge in [-0.05, 0) is 36.6 Å². The molecule has 2 amide bonds. The number of carbonyl (C=O) groups is 2. The summed E-state index contributed by atoms with van der Waals surface area (Å²) in [5, 5.41) is 10.9. The van der Waals surface area contributed by atoms with Crippen LogP contribution in [0.3, 0.4) is 0 Å². The number of aliphatic hydroxyl groups is 1. The van der Waals surface area contributed by atoms with Crippen molar-refractivity contribution in [2.24, 2.45) is 0 Å². The van der Waals surface area contributed by atoms with Crippen molar-refractivity contribution in [2.45, 2.75) is 25.5 Å². The van der Waals surface area contributed by atoms with E-state index in [0.717, 1.165) is 5.56 Å². The molecule has 1 atom stereocenters. The summed E-state index contributed by atoms with van der Waals surface area (Å²) < 4.78 is 0. The van der Waals surface area contributed by atoms with E-state index in [9.17, 15) is 14.7 Å². The SMILES string of the molecule is CC(C)(c1ccccc1)N1C(=O)c2cccc(C(O)c3ccccc3)c2C1=O. The number of amides is 2. The van der Waals surface area contributed by atoms with E-state index in [1.807, 2.05) is 62.4 Å². The first kappa shape index (κ1) is 18.1. The number of imide groups is 1. The molecule has 0 spiro atoms. The van der Waals surface area contributed by atoms with Crippen LogP contribution in [0.4, 0.5) is 0 Å². The first-order chi connectivity index (χ1) is 13.4. The van der Waals surface area contributed by atoms with Gasteiger partial charge in [0.25, 0.3) is 11.8 Å². The maximum absolute atomic E-state index is 13.4. The minimum absolute atomic E-state index is 0.285. The summed E-state index contributed by atoms with van der Waals surface area (Å²) in [6.45, 7) is 3.72. The van der Waals surface area contributed by atoms with Crippen LogP contribution in [0, 0.1) is 0 Å². The Labute approximate surface area is 164 Å². The van der Waals surface area contributed by atoms with Crippen molar-refractivity contribution in [3.05, 3.63) is 107 Å². The molecule has 0 radical (unpaired) electrons. The highest BCUT2D eigenvalue weighted by Gasteiger charge is 2.46. The lowest BCUT2D eigenvalue weighted by Crippen LogP contribution is -2.45. The number of hydrogen-bond acceptors (Lipinski definition) is 3. The van der Waals surface area contributed by atoms with Gasteiger partial charge in [-0.25, -0.2) is 0 Å². The molecule has 140 valence electrons. The van der Waals surface area contributed by atoms with Crippen LogP contribution in [-0.2, 0) is 5.54 Å². The summed E-state index contributed by atoms with van der Waals surface area (Å²) in [7, 11) is 0. The molecular formula is C24H21NO3. The smallest absolute Gasteiger partial charge is 0.262 e. The van der Waals surface area contributed by atoms with E-state index in [0.29, 0.717) is 16.7 Å². The molecule has 1 unspecified atom stereocenters. The fraction of sp³-hybridized carbons (Fsp3) is 0.167. The van der Waals surface area contributed by atoms with Crippen LogP contribution in [0.25, 0.3) is 0 Å². The minimum Gasteiger partial charge on any atom is -0.384 e. The van der Waals surface area contributed by atoms with E-state index in [2.05, 4.69) is 0 Å². The van der Waals surface area contributed by atoms with Crippen LogP contribution < -0.4 is 0 Å². The highest BCUT2D eigenvalue weighted by molar-refractivity contribution is 6.22. The molecule has 1 aliphatic rings. The third kappa shape index (κ3) is 2.74.